The van der Waals surface area contributed by atoms with Crippen LogP contribution in [0.25, 0.3) is 0 Å². The highest BCUT2D eigenvalue weighted by Gasteiger charge is 2.00. The number of rotatable bonds is 5. The van der Waals surface area contributed by atoms with E-state index in [9.17, 15) is 0 Å². The Labute approximate surface area is 93.1 Å². The van der Waals surface area contributed by atoms with Gasteiger partial charge < -0.3 is 9.84 Å². The predicted molar refractivity (Wildman–Crippen MR) is 57.9 cm³/mol. The molecule has 0 spiro atoms. The summed E-state index contributed by atoms with van der Waals surface area (Å²) in [6.07, 6.45) is 4.55. The second kappa shape index (κ2) is 5.20. The van der Waals surface area contributed by atoms with E-state index in [1.54, 1.807) is 6.33 Å². The molecule has 2 heterocycles. The molecule has 0 bridgehead atoms. The molecule has 0 fully saturated rings. The molecule has 2 aromatic heterocycles. The minimum atomic E-state index is 0.622. The van der Waals surface area contributed by atoms with Crippen molar-refractivity contribution in [2.45, 2.75) is 19.8 Å². The number of aromatic nitrogens is 4. The summed E-state index contributed by atoms with van der Waals surface area (Å²) in [5.41, 5.74) is 1.02. The fourth-order valence-corrected chi connectivity index (χ4v) is 1.29. The van der Waals surface area contributed by atoms with Gasteiger partial charge in [0, 0.05) is 24.7 Å². The number of aryl methyl sites for hydroxylation is 1. The second-order valence-corrected chi connectivity index (χ2v) is 3.26. The van der Waals surface area contributed by atoms with Crippen LogP contribution < -0.4 is 5.32 Å². The fraction of sp³-hybridized carbons (Fsp3) is 0.400. The van der Waals surface area contributed by atoms with Crippen LogP contribution in [0.15, 0.2) is 23.2 Å². The molecular weight excluding hydrogens is 206 g/mol. The molecule has 0 saturated carbocycles. The van der Waals surface area contributed by atoms with Gasteiger partial charge in [-0.15, -0.1) is 0 Å². The van der Waals surface area contributed by atoms with Crippen molar-refractivity contribution >= 4 is 5.82 Å². The summed E-state index contributed by atoms with van der Waals surface area (Å²) in [7, 11) is 0. The van der Waals surface area contributed by atoms with E-state index < -0.39 is 0 Å². The highest BCUT2D eigenvalue weighted by Crippen LogP contribution is 2.04. The Kier molecular flexibility index (Phi) is 3.42. The molecule has 0 saturated heterocycles. The normalized spacial score (nSPS) is 10.3. The first-order valence-electron chi connectivity index (χ1n) is 5.19. The minimum Gasteiger partial charge on any atom is -0.369 e. The number of nitrogens with one attached hydrogen (secondary N) is 1. The molecule has 0 atom stereocenters. The van der Waals surface area contributed by atoms with E-state index in [1.807, 2.05) is 6.07 Å². The molecule has 16 heavy (non-hydrogen) atoms. The molecule has 0 amide bonds. The molecule has 0 radical (unpaired) electrons. The third kappa shape index (κ3) is 2.75. The van der Waals surface area contributed by atoms with E-state index in [0.717, 1.165) is 17.9 Å². The van der Waals surface area contributed by atoms with Gasteiger partial charge >= 0.3 is 0 Å². The maximum Gasteiger partial charge on any atom is 0.228 e. The maximum absolute atomic E-state index is 4.88. The summed E-state index contributed by atoms with van der Waals surface area (Å²) in [4.78, 5) is 12.2. The number of anilines is 1. The average molecular weight is 219 g/mol. The summed E-state index contributed by atoms with van der Waals surface area (Å²) in [6.45, 7) is 2.77. The molecule has 2 aromatic rings. The van der Waals surface area contributed by atoms with Crippen LogP contribution in [0.5, 0.6) is 0 Å². The first kappa shape index (κ1) is 10.5. The average Bonchev–Trinajstić information content (AvgIpc) is 2.82. The summed E-state index contributed by atoms with van der Waals surface area (Å²) in [5.74, 6) is 1.45. The van der Waals surface area contributed by atoms with Crippen LogP contribution in [0, 0.1) is 0 Å². The molecule has 6 heteroatoms. The van der Waals surface area contributed by atoms with Gasteiger partial charge in [0.05, 0.1) is 0 Å². The number of hydrogen-bond donors (Lipinski definition) is 1. The van der Waals surface area contributed by atoms with E-state index in [2.05, 4.69) is 32.3 Å². The van der Waals surface area contributed by atoms with Crippen molar-refractivity contribution in [3.63, 3.8) is 0 Å². The van der Waals surface area contributed by atoms with Crippen LogP contribution in [-0.2, 0) is 12.8 Å². The molecule has 0 aliphatic heterocycles. The van der Waals surface area contributed by atoms with Crippen LogP contribution >= 0.6 is 0 Å². The van der Waals surface area contributed by atoms with E-state index in [1.165, 1.54) is 6.33 Å². The van der Waals surface area contributed by atoms with Crippen LogP contribution in [-0.4, -0.2) is 26.7 Å². The second-order valence-electron chi connectivity index (χ2n) is 3.26. The van der Waals surface area contributed by atoms with Crippen LogP contribution in [0.4, 0.5) is 5.82 Å². The van der Waals surface area contributed by atoms with Gasteiger partial charge in [-0.3, -0.25) is 0 Å². The monoisotopic (exact) mass is 219 g/mol. The molecule has 0 unspecified atom stereocenters. The zero-order valence-corrected chi connectivity index (χ0v) is 9.05. The Morgan fingerprint density at radius 1 is 1.25 bits per heavy atom. The number of hydrogen-bond acceptors (Lipinski definition) is 6. The standard InChI is InChI=1S/C10H13N5O/c1-2-8-5-9(13-6-12-8)11-4-3-10-14-7-15-16-10/h5-7H,2-4H2,1H3,(H,11,12,13). The van der Waals surface area contributed by atoms with Crippen molar-refractivity contribution in [3.05, 3.63) is 30.3 Å². The first-order valence-corrected chi connectivity index (χ1v) is 5.19. The Bertz CT molecular complexity index is 429. The molecule has 84 valence electrons. The van der Waals surface area contributed by atoms with E-state index >= 15 is 0 Å². The molecule has 2 rings (SSSR count). The Balaban J connectivity index is 1.85. The van der Waals surface area contributed by atoms with E-state index in [4.69, 9.17) is 4.52 Å². The quantitative estimate of drug-likeness (QED) is 0.810. The third-order valence-corrected chi connectivity index (χ3v) is 2.14. The van der Waals surface area contributed by atoms with Crippen LogP contribution in [0.1, 0.15) is 18.5 Å². The summed E-state index contributed by atoms with van der Waals surface area (Å²) in [5, 5.41) is 6.71. The zero-order chi connectivity index (χ0) is 11.2. The van der Waals surface area contributed by atoms with Gasteiger partial charge in [0.15, 0.2) is 6.33 Å². The molecule has 0 aliphatic rings. The molecule has 6 nitrogen and oxygen atoms in total. The molecule has 0 aromatic carbocycles. The van der Waals surface area contributed by atoms with Gasteiger partial charge in [-0.25, -0.2) is 9.97 Å². The van der Waals surface area contributed by atoms with Gasteiger partial charge in [0.25, 0.3) is 0 Å². The van der Waals surface area contributed by atoms with Crippen LogP contribution in [0.3, 0.4) is 0 Å². The van der Waals surface area contributed by atoms with Crippen molar-refractivity contribution in [1.29, 1.82) is 0 Å². The van der Waals surface area contributed by atoms with Crippen molar-refractivity contribution in [3.8, 4) is 0 Å². The van der Waals surface area contributed by atoms with Crippen molar-refractivity contribution in [1.82, 2.24) is 20.1 Å². The lowest BCUT2D eigenvalue weighted by atomic mass is 10.3. The maximum atomic E-state index is 4.88. The molecule has 1 N–H and O–H groups in total. The highest BCUT2D eigenvalue weighted by atomic mass is 16.5. The zero-order valence-electron chi connectivity index (χ0n) is 9.05. The Morgan fingerprint density at radius 3 is 2.94 bits per heavy atom. The van der Waals surface area contributed by atoms with E-state index in [0.29, 0.717) is 18.9 Å². The topological polar surface area (TPSA) is 76.7 Å². The highest BCUT2D eigenvalue weighted by molar-refractivity contribution is 5.34. The summed E-state index contributed by atoms with van der Waals surface area (Å²) < 4.78 is 4.88. The first-order chi connectivity index (χ1) is 7.88. The Morgan fingerprint density at radius 2 is 2.19 bits per heavy atom. The lowest BCUT2D eigenvalue weighted by Gasteiger charge is -2.04. The van der Waals surface area contributed by atoms with Crippen molar-refractivity contribution in [2.24, 2.45) is 0 Å². The predicted octanol–water partition coefficient (Wildman–Crippen LogP) is 1.08. The van der Waals surface area contributed by atoms with Crippen molar-refractivity contribution < 1.29 is 4.52 Å². The van der Waals surface area contributed by atoms with Crippen molar-refractivity contribution in [2.75, 3.05) is 11.9 Å². The Hall–Kier alpha value is -1.98. The van der Waals surface area contributed by atoms with Gasteiger partial charge in [-0.1, -0.05) is 12.1 Å². The van der Waals surface area contributed by atoms with E-state index in [-0.39, 0.29) is 0 Å². The van der Waals surface area contributed by atoms with Gasteiger partial charge in [0.1, 0.15) is 12.1 Å². The minimum absolute atomic E-state index is 0.622. The lowest BCUT2D eigenvalue weighted by Crippen LogP contribution is -2.07. The summed E-state index contributed by atoms with van der Waals surface area (Å²) in [6, 6.07) is 1.94. The fourth-order valence-electron chi connectivity index (χ4n) is 1.29. The SMILES string of the molecule is CCc1cc(NCCc2ncno2)ncn1. The van der Waals surface area contributed by atoms with Crippen LogP contribution in [0.2, 0.25) is 0 Å². The lowest BCUT2D eigenvalue weighted by molar-refractivity contribution is 0.379. The van der Waals surface area contributed by atoms with Gasteiger partial charge in [-0.2, -0.15) is 4.98 Å². The number of nitrogens with zero attached hydrogens (tertiary/aromatic N) is 4. The summed E-state index contributed by atoms with van der Waals surface area (Å²) >= 11 is 0. The smallest absolute Gasteiger partial charge is 0.228 e. The van der Waals surface area contributed by atoms with Gasteiger partial charge in [-0.05, 0) is 6.42 Å². The molecule has 0 aliphatic carbocycles. The largest absolute Gasteiger partial charge is 0.369 e. The third-order valence-electron chi connectivity index (χ3n) is 2.14. The molecular formula is C10H13N5O. The van der Waals surface area contributed by atoms with Gasteiger partial charge in [0.2, 0.25) is 5.89 Å².